The van der Waals surface area contributed by atoms with Crippen molar-refractivity contribution >= 4 is 11.0 Å². The van der Waals surface area contributed by atoms with Crippen molar-refractivity contribution < 1.29 is 4.39 Å². The first kappa shape index (κ1) is 19.8. The molecule has 2 aliphatic carbocycles. The molecule has 4 unspecified atom stereocenters. The Morgan fingerprint density at radius 1 is 0.800 bits per heavy atom. The maximum atomic E-state index is 14.8. The van der Waals surface area contributed by atoms with Crippen molar-refractivity contribution in [1.82, 2.24) is 30.6 Å². The van der Waals surface area contributed by atoms with E-state index in [1.807, 2.05) is 36.5 Å². The van der Waals surface area contributed by atoms with E-state index in [9.17, 15) is 4.39 Å². The lowest BCUT2D eigenvalue weighted by Crippen LogP contribution is -2.18. The molecule has 4 fully saturated rings. The number of aromatic nitrogens is 4. The number of rotatable bonds is 3. The van der Waals surface area contributed by atoms with Crippen LogP contribution < -0.4 is 10.6 Å². The first-order valence-electron chi connectivity index (χ1n) is 12.5. The molecule has 35 heavy (non-hydrogen) atoms. The molecule has 2 aliphatic heterocycles. The first-order chi connectivity index (χ1) is 17.2. The fourth-order valence-corrected chi connectivity index (χ4v) is 5.93. The summed E-state index contributed by atoms with van der Waals surface area (Å²) in [6.07, 6.45) is 6.73. The zero-order valence-electron chi connectivity index (χ0n) is 19.1. The van der Waals surface area contributed by atoms with Gasteiger partial charge in [-0.2, -0.15) is 0 Å². The maximum absolute atomic E-state index is 14.8. The first-order valence-corrected chi connectivity index (χ1v) is 12.5. The predicted octanol–water partition coefficient (Wildman–Crippen LogP) is 4.34. The quantitative estimate of drug-likeness (QED) is 0.340. The van der Waals surface area contributed by atoms with Gasteiger partial charge in [0.05, 0.1) is 29.5 Å². The van der Waals surface area contributed by atoms with Gasteiger partial charge in [0.2, 0.25) is 0 Å². The van der Waals surface area contributed by atoms with E-state index in [1.165, 1.54) is 25.3 Å². The lowest BCUT2D eigenvalue weighted by Gasteiger charge is -2.09. The van der Waals surface area contributed by atoms with Gasteiger partial charge in [0.1, 0.15) is 17.2 Å². The normalized spacial score (nSPS) is 30.1. The molecule has 174 valence electrons. The summed E-state index contributed by atoms with van der Waals surface area (Å²) in [7, 11) is 0. The number of hydrogen-bond acceptors (Lipinski definition) is 4. The summed E-state index contributed by atoms with van der Waals surface area (Å²) in [5.74, 6) is 9.39. The van der Waals surface area contributed by atoms with Gasteiger partial charge in [0.25, 0.3) is 0 Å². The van der Waals surface area contributed by atoms with Crippen LogP contribution in [0.15, 0.2) is 42.6 Å². The lowest BCUT2D eigenvalue weighted by atomic mass is 10.1. The Balaban J connectivity index is 1.00. The zero-order chi connectivity index (χ0) is 23.1. The Morgan fingerprint density at radius 2 is 1.51 bits per heavy atom. The monoisotopic (exact) mass is 464 g/mol. The van der Waals surface area contributed by atoms with E-state index in [1.54, 1.807) is 0 Å². The minimum atomic E-state index is -0.336. The standard InChI is InChI=1S/C28H25FN6/c29-19-7-15(8-22-26(19)35-28(33-22)24-12-18-10-21(18)32-24)2-1-14-3-5-16(6-4-14)25-13-30-27(34-25)23-11-17-9-20(17)31-23/h3-8,13,17-18,20-21,23-24,31-32H,9-12H2,(H,30,34)(H,33,35)/t17?,18?,20?,21?,23-,24-/m0/s1. The number of imidazole rings is 2. The van der Waals surface area contributed by atoms with E-state index < -0.39 is 0 Å². The molecule has 8 rings (SSSR count). The van der Waals surface area contributed by atoms with Gasteiger partial charge in [-0.1, -0.05) is 24.0 Å². The van der Waals surface area contributed by atoms with Crippen LogP contribution in [0.4, 0.5) is 4.39 Å². The molecule has 0 amide bonds. The van der Waals surface area contributed by atoms with Crippen LogP contribution in [0.2, 0.25) is 0 Å². The van der Waals surface area contributed by atoms with Crippen molar-refractivity contribution in [3.05, 3.63) is 71.2 Å². The summed E-state index contributed by atoms with van der Waals surface area (Å²) >= 11 is 0. The molecule has 0 radical (unpaired) electrons. The van der Waals surface area contributed by atoms with Crippen LogP contribution in [0.5, 0.6) is 0 Å². The molecule has 7 heteroatoms. The van der Waals surface area contributed by atoms with E-state index >= 15 is 0 Å². The Kier molecular flexibility index (Phi) is 4.11. The van der Waals surface area contributed by atoms with Gasteiger partial charge >= 0.3 is 0 Å². The molecule has 4 aliphatic rings. The van der Waals surface area contributed by atoms with Crippen LogP contribution >= 0.6 is 0 Å². The van der Waals surface area contributed by atoms with Crippen molar-refractivity contribution in [3.63, 3.8) is 0 Å². The third kappa shape index (κ3) is 3.48. The van der Waals surface area contributed by atoms with E-state index in [-0.39, 0.29) is 11.9 Å². The predicted molar refractivity (Wildman–Crippen MR) is 131 cm³/mol. The fraction of sp³-hybridized carbons (Fsp3) is 0.357. The third-order valence-electron chi connectivity index (χ3n) is 8.11. The summed E-state index contributed by atoms with van der Waals surface area (Å²) < 4.78 is 14.8. The topological polar surface area (TPSA) is 81.4 Å². The molecular weight excluding hydrogens is 439 g/mol. The highest BCUT2D eigenvalue weighted by atomic mass is 19.1. The Bertz CT molecular complexity index is 1500. The second kappa shape index (κ2) is 7.27. The molecule has 2 saturated carbocycles. The lowest BCUT2D eigenvalue weighted by molar-refractivity contribution is 0.543. The zero-order valence-corrected chi connectivity index (χ0v) is 19.1. The number of halogens is 1. The van der Waals surface area contributed by atoms with Gasteiger partial charge in [0.15, 0.2) is 5.82 Å². The summed E-state index contributed by atoms with van der Waals surface area (Å²) in [5.41, 5.74) is 4.70. The number of benzene rings is 2. The maximum Gasteiger partial charge on any atom is 0.152 e. The van der Waals surface area contributed by atoms with E-state index in [0.717, 1.165) is 46.7 Å². The average molecular weight is 465 g/mol. The number of nitrogens with zero attached hydrogens (tertiary/aromatic N) is 2. The fourth-order valence-electron chi connectivity index (χ4n) is 5.93. The molecule has 4 N–H and O–H groups in total. The van der Waals surface area contributed by atoms with Gasteiger partial charge in [-0.3, -0.25) is 0 Å². The van der Waals surface area contributed by atoms with Crippen LogP contribution in [0.1, 0.15) is 60.5 Å². The van der Waals surface area contributed by atoms with Crippen molar-refractivity contribution in [1.29, 1.82) is 0 Å². The number of hydrogen-bond donors (Lipinski definition) is 4. The Morgan fingerprint density at radius 3 is 2.23 bits per heavy atom. The van der Waals surface area contributed by atoms with Crippen LogP contribution in [0.3, 0.4) is 0 Å². The third-order valence-corrected chi connectivity index (χ3v) is 8.11. The van der Waals surface area contributed by atoms with Crippen molar-refractivity contribution in [3.8, 4) is 23.1 Å². The second-order valence-corrected chi connectivity index (χ2v) is 10.6. The minimum Gasteiger partial charge on any atom is -0.341 e. The number of nitrogens with one attached hydrogen (secondary N) is 4. The van der Waals surface area contributed by atoms with Crippen molar-refractivity contribution in [2.45, 2.75) is 49.9 Å². The summed E-state index contributed by atoms with van der Waals surface area (Å²) in [5, 5.41) is 7.20. The number of fused-ring (bicyclic) bond motifs is 3. The Hall–Kier alpha value is -3.47. The van der Waals surface area contributed by atoms with Gasteiger partial charge in [0, 0.05) is 23.2 Å². The smallest absolute Gasteiger partial charge is 0.152 e. The Labute approximate surface area is 202 Å². The molecule has 6 nitrogen and oxygen atoms in total. The SMILES string of the molecule is Fc1cc(C#Cc2ccc(-c3cnc([C@@H]4CC5CC5N4)[nH]3)cc2)cc2[nH]c([C@@H]3CC4CC4N3)nc12. The summed E-state index contributed by atoms with van der Waals surface area (Å²) in [6.45, 7) is 0. The van der Waals surface area contributed by atoms with Gasteiger partial charge in [-0.25, -0.2) is 14.4 Å². The molecule has 6 atom stereocenters. The van der Waals surface area contributed by atoms with Crippen LogP contribution in [-0.2, 0) is 0 Å². The van der Waals surface area contributed by atoms with Gasteiger partial charge in [-0.15, -0.1) is 0 Å². The molecular formula is C28H25FN6. The highest BCUT2D eigenvalue weighted by Gasteiger charge is 2.47. The van der Waals surface area contributed by atoms with Crippen LogP contribution in [-0.4, -0.2) is 32.0 Å². The molecule has 4 aromatic rings. The van der Waals surface area contributed by atoms with Crippen molar-refractivity contribution in [2.24, 2.45) is 11.8 Å². The van der Waals surface area contributed by atoms with Crippen LogP contribution in [0, 0.1) is 29.5 Å². The van der Waals surface area contributed by atoms with E-state index in [0.29, 0.717) is 34.7 Å². The molecule has 2 aromatic heterocycles. The molecule has 0 bridgehead atoms. The summed E-state index contributed by atoms with van der Waals surface area (Å²) in [6, 6.07) is 13.3. The van der Waals surface area contributed by atoms with Crippen molar-refractivity contribution in [2.75, 3.05) is 0 Å². The van der Waals surface area contributed by atoms with Gasteiger partial charge < -0.3 is 20.6 Å². The molecule has 4 heterocycles. The number of H-pyrrole nitrogens is 2. The van der Waals surface area contributed by atoms with E-state index in [2.05, 4.69) is 42.4 Å². The van der Waals surface area contributed by atoms with Crippen LogP contribution in [0.25, 0.3) is 22.3 Å². The second-order valence-electron chi connectivity index (χ2n) is 10.6. The highest BCUT2D eigenvalue weighted by molar-refractivity contribution is 5.78. The summed E-state index contributed by atoms with van der Waals surface area (Å²) in [4.78, 5) is 15.9. The molecule has 2 saturated heterocycles. The molecule has 0 spiro atoms. The van der Waals surface area contributed by atoms with E-state index in [4.69, 9.17) is 0 Å². The van der Waals surface area contributed by atoms with Gasteiger partial charge in [-0.05, 0) is 67.3 Å². The number of piperidine rings is 2. The molecule has 2 aromatic carbocycles. The largest absolute Gasteiger partial charge is 0.341 e. The highest BCUT2D eigenvalue weighted by Crippen LogP contribution is 2.46. The number of aromatic amines is 2. The average Bonchev–Trinajstić information content (AvgIpc) is 3.45. The minimum absolute atomic E-state index is 0.199.